The number of aromatic carboxylic acids is 2. The highest BCUT2D eigenvalue weighted by Gasteiger charge is 2.24. The van der Waals surface area contributed by atoms with E-state index in [4.69, 9.17) is 19.7 Å². The van der Waals surface area contributed by atoms with Gasteiger partial charge >= 0.3 is 11.9 Å². The van der Waals surface area contributed by atoms with Gasteiger partial charge in [0.2, 0.25) is 6.79 Å². The Bertz CT molecular complexity index is 1410. The zero-order chi connectivity index (χ0) is 29.4. The molecule has 212 valence electrons. The van der Waals surface area contributed by atoms with Gasteiger partial charge in [-0.3, -0.25) is 0 Å². The van der Waals surface area contributed by atoms with Gasteiger partial charge in [0, 0.05) is 22.4 Å². The van der Waals surface area contributed by atoms with Crippen LogP contribution < -0.4 is 14.4 Å². The number of rotatable bonds is 9. The maximum Gasteiger partial charge on any atom is 0.339 e. The third-order valence-electron chi connectivity index (χ3n) is 6.52. The van der Waals surface area contributed by atoms with Gasteiger partial charge in [0.15, 0.2) is 0 Å². The van der Waals surface area contributed by atoms with Gasteiger partial charge in [-0.15, -0.1) is 0 Å². The van der Waals surface area contributed by atoms with Crippen molar-refractivity contribution in [1.82, 2.24) is 4.90 Å². The van der Waals surface area contributed by atoms with Gasteiger partial charge in [0.25, 0.3) is 0 Å². The monoisotopic (exact) mass is 572 g/mol. The maximum absolute atomic E-state index is 11.0. The second-order valence-corrected chi connectivity index (χ2v) is 10.6. The molecule has 0 bridgehead atoms. The van der Waals surface area contributed by atoms with Gasteiger partial charge in [-0.1, -0.05) is 60.3 Å². The highest BCUT2D eigenvalue weighted by atomic mass is 32.2. The van der Waals surface area contributed by atoms with Gasteiger partial charge in [-0.05, 0) is 69.6 Å². The van der Waals surface area contributed by atoms with Crippen molar-refractivity contribution in [3.8, 4) is 11.5 Å². The van der Waals surface area contributed by atoms with Gasteiger partial charge in [-0.25, -0.2) is 9.59 Å². The van der Waals surface area contributed by atoms with Crippen molar-refractivity contribution in [2.45, 2.75) is 22.8 Å². The van der Waals surface area contributed by atoms with Crippen LogP contribution >= 0.6 is 11.8 Å². The van der Waals surface area contributed by atoms with E-state index >= 15 is 0 Å². The van der Waals surface area contributed by atoms with Crippen LogP contribution in [0.25, 0.3) is 0 Å². The Labute approximate surface area is 243 Å². The highest BCUT2D eigenvalue weighted by molar-refractivity contribution is 7.99. The quantitative estimate of drug-likeness (QED) is 0.211. The molecular formula is C32H32N2O6S. The summed E-state index contributed by atoms with van der Waals surface area (Å²) in [5.41, 5.74) is 2.66. The number of carboxylic acids is 2. The number of carboxylic acid groups (broad SMARTS) is 2. The third-order valence-corrected chi connectivity index (χ3v) is 7.65. The predicted molar refractivity (Wildman–Crippen MR) is 160 cm³/mol. The molecule has 41 heavy (non-hydrogen) atoms. The van der Waals surface area contributed by atoms with Crippen molar-refractivity contribution in [2.24, 2.45) is 0 Å². The van der Waals surface area contributed by atoms with E-state index in [9.17, 15) is 9.59 Å². The first-order valence-corrected chi connectivity index (χ1v) is 13.8. The Balaban J connectivity index is 0.000000189. The van der Waals surface area contributed by atoms with Crippen molar-refractivity contribution in [3.63, 3.8) is 0 Å². The number of hydrogen-bond donors (Lipinski definition) is 2. The summed E-state index contributed by atoms with van der Waals surface area (Å²) in [6, 6.07) is 30.1. The van der Waals surface area contributed by atoms with Crippen LogP contribution in [-0.4, -0.2) is 60.5 Å². The normalized spacial score (nSPS) is 12.3. The number of fused-ring (bicyclic) bond motifs is 2. The van der Waals surface area contributed by atoms with Crippen LogP contribution in [0.3, 0.4) is 0 Å². The van der Waals surface area contributed by atoms with Crippen LogP contribution in [0.15, 0.2) is 107 Å². The van der Waals surface area contributed by atoms with Crippen LogP contribution in [0.1, 0.15) is 27.6 Å². The van der Waals surface area contributed by atoms with Crippen molar-refractivity contribution in [2.75, 3.05) is 32.3 Å². The van der Waals surface area contributed by atoms with Crippen molar-refractivity contribution in [1.29, 1.82) is 0 Å². The molecule has 8 nitrogen and oxygen atoms in total. The first-order valence-electron chi connectivity index (χ1n) is 13.0. The maximum atomic E-state index is 11.0. The molecular weight excluding hydrogens is 540 g/mol. The number of nitrogens with zero attached hydrogens (tertiary/aromatic N) is 2. The Morgan fingerprint density at radius 3 is 1.59 bits per heavy atom. The lowest BCUT2D eigenvalue weighted by atomic mass is 10.2. The molecule has 0 fully saturated rings. The molecule has 2 N–H and O–H groups in total. The van der Waals surface area contributed by atoms with Crippen LogP contribution in [0, 0.1) is 0 Å². The molecule has 1 atom stereocenters. The van der Waals surface area contributed by atoms with E-state index in [1.807, 2.05) is 11.8 Å². The molecule has 0 aliphatic carbocycles. The molecule has 0 radical (unpaired) electrons. The molecule has 0 aromatic heterocycles. The lowest BCUT2D eigenvalue weighted by Gasteiger charge is -2.36. The molecule has 9 heteroatoms. The number of para-hydroxylation sites is 4. The van der Waals surface area contributed by atoms with Gasteiger partial charge in [0.1, 0.15) is 22.6 Å². The fourth-order valence-electron chi connectivity index (χ4n) is 4.10. The average molecular weight is 573 g/mol. The molecule has 1 aliphatic heterocycles. The number of anilines is 2. The molecule has 1 heterocycles. The molecule has 1 aliphatic rings. The smallest absolute Gasteiger partial charge is 0.339 e. The Kier molecular flexibility index (Phi) is 9.89. The number of benzene rings is 4. The lowest BCUT2D eigenvalue weighted by Crippen LogP contribution is -2.37. The molecule has 0 saturated carbocycles. The zero-order valence-electron chi connectivity index (χ0n) is 23.1. The second-order valence-electron chi connectivity index (χ2n) is 9.47. The standard InChI is InChI=1S/C17H20N2S.C15H12O6/c1-13(18(2)3)12-19-14-8-4-6-10-16(14)20-17-11-7-5-9-15(17)19;16-14(17)10-5-1-3-7-12(10)20-9-21-13-8-4-2-6-11(13)15(18)19/h4-11,13H,12H2,1-3H3;1-8H,9H2,(H,16,17)(H,18,19). The number of carbonyl (C=O) groups is 2. The minimum atomic E-state index is -1.11. The summed E-state index contributed by atoms with van der Waals surface area (Å²) >= 11 is 1.87. The molecule has 0 amide bonds. The predicted octanol–water partition coefficient (Wildman–Crippen LogP) is 6.74. The van der Waals surface area contributed by atoms with E-state index in [-0.39, 0.29) is 29.4 Å². The van der Waals surface area contributed by atoms with Crippen molar-refractivity contribution < 1.29 is 29.3 Å². The minimum absolute atomic E-state index is 0.00706. The Morgan fingerprint density at radius 1 is 0.732 bits per heavy atom. The third kappa shape index (κ3) is 7.39. The lowest BCUT2D eigenvalue weighted by molar-refractivity contribution is 0.0680. The summed E-state index contributed by atoms with van der Waals surface area (Å²) in [6.45, 7) is 2.98. The number of likely N-dealkylation sites (N-methyl/N-ethyl adjacent to an activating group) is 1. The average Bonchev–Trinajstić information content (AvgIpc) is 2.97. The summed E-state index contributed by atoms with van der Waals surface area (Å²) in [6.07, 6.45) is 0. The van der Waals surface area contributed by atoms with E-state index in [1.54, 1.807) is 24.3 Å². The zero-order valence-corrected chi connectivity index (χ0v) is 23.9. The fourth-order valence-corrected chi connectivity index (χ4v) is 5.20. The number of ether oxygens (including phenoxy) is 2. The summed E-state index contributed by atoms with van der Waals surface area (Å²) in [5, 5.41) is 18.0. The van der Waals surface area contributed by atoms with Crippen LogP contribution in [0.5, 0.6) is 11.5 Å². The van der Waals surface area contributed by atoms with Gasteiger partial charge in [0.05, 0.1) is 11.4 Å². The summed E-state index contributed by atoms with van der Waals surface area (Å²) in [5.74, 6) is -1.93. The fraction of sp³-hybridized carbons (Fsp3) is 0.188. The second kappa shape index (κ2) is 13.7. The van der Waals surface area contributed by atoms with Crippen LogP contribution in [0.2, 0.25) is 0 Å². The van der Waals surface area contributed by atoms with E-state index in [0.29, 0.717) is 6.04 Å². The summed E-state index contributed by atoms with van der Waals surface area (Å²) in [7, 11) is 4.28. The van der Waals surface area contributed by atoms with Crippen LogP contribution in [0.4, 0.5) is 11.4 Å². The van der Waals surface area contributed by atoms with Crippen molar-refractivity contribution >= 4 is 35.1 Å². The van der Waals surface area contributed by atoms with Crippen molar-refractivity contribution in [3.05, 3.63) is 108 Å². The molecule has 1 unspecified atom stereocenters. The Hall–Kier alpha value is -4.47. The number of hydrogen-bond acceptors (Lipinski definition) is 7. The Morgan fingerprint density at radius 2 is 1.15 bits per heavy atom. The van der Waals surface area contributed by atoms with Gasteiger partial charge < -0.3 is 29.5 Å². The van der Waals surface area contributed by atoms with E-state index < -0.39 is 11.9 Å². The molecule has 4 aromatic carbocycles. The minimum Gasteiger partial charge on any atom is -0.478 e. The molecule has 0 saturated heterocycles. The molecule has 4 aromatic rings. The summed E-state index contributed by atoms with van der Waals surface area (Å²) in [4.78, 5) is 29.4. The van der Waals surface area contributed by atoms with E-state index in [0.717, 1.165) is 6.54 Å². The van der Waals surface area contributed by atoms with Crippen LogP contribution in [-0.2, 0) is 0 Å². The first kappa shape index (κ1) is 29.5. The molecule has 5 rings (SSSR count). The SMILES string of the molecule is CC(CN1c2ccccc2Sc2ccccc21)N(C)C.O=C(O)c1ccccc1OCOc1ccccc1C(=O)O. The topological polar surface area (TPSA) is 99.5 Å². The van der Waals surface area contributed by atoms with Gasteiger partial charge in [-0.2, -0.15) is 0 Å². The molecule has 0 spiro atoms. The summed E-state index contributed by atoms with van der Waals surface area (Å²) < 4.78 is 10.5. The van der Waals surface area contributed by atoms with E-state index in [2.05, 4.69) is 79.3 Å². The largest absolute Gasteiger partial charge is 0.478 e. The van der Waals surface area contributed by atoms with E-state index in [1.165, 1.54) is 45.4 Å². The first-order chi connectivity index (χ1) is 19.8. The highest BCUT2D eigenvalue weighted by Crippen LogP contribution is 2.47.